The maximum atomic E-state index is 14.1. The van der Waals surface area contributed by atoms with Gasteiger partial charge in [0.25, 0.3) is 5.56 Å². The molecule has 4 amide bonds. The van der Waals surface area contributed by atoms with Gasteiger partial charge >= 0.3 is 0 Å². The van der Waals surface area contributed by atoms with Crippen LogP contribution in [-0.2, 0) is 25.7 Å². The Morgan fingerprint density at radius 2 is 1.63 bits per heavy atom. The number of hydrogen-bond acceptors (Lipinski definition) is 14. The van der Waals surface area contributed by atoms with Gasteiger partial charge < -0.3 is 40.9 Å². The zero-order valence-corrected chi connectivity index (χ0v) is 47.2. The fourth-order valence-electron chi connectivity index (χ4n) is 10.3. The number of aliphatic hydroxyl groups is 1. The van der Waals surface area contributed by atoms with Gasteiger partial charge in [0.2, 0.25) is 29.6 Å². The molecule has 6 aromatic rings. The first-order chi connectivity index (χ1) is 38.0. The molecule has 3 atom stereocenters. The summed E-state index contributed by atoms with van der Waals surface area (Å²) in [6, 6.07) is 20.8. The Hall–Kier alpha value is -7.48. The van der Waals surface area contributed by atoms with E-state index >= 15 is 0 Å². The molecule has 3 unspecified atom stereocenters. The van der Waals surface area contributed by atoms with Gasteiger partial charge in [-0.05, 0) is 91.7 Å². The predicted molar refractivity (Wildman–Crippen MR) is 312 cm³/mol. The molecule has 19 heteroatoms. The van der Waals surface area contributed by atoms with Crippen LogP contribution in [0.5, 0.6) is 5.75 Å². The number of aromatic nitrogens is 4. The Kier molecular flexibility index (Phi) is 19.3. The fraction of sp³-hybridized carbons (Fsp3) is 0.433. The molecule has 2 aliphatic heterocycles. The maximum Gasteiger partial charge on any atom is 0.257 e. The number of thiazole rings is 1. The van der Waals surface area contributed by atoms with Crippen molar-refractivity contribution in [3.63, 3.8) is 0 Å². The van der Waals surface area contributed by atoms with Crippen molar-refractivity contribution in [2.45, 2.75) is 117 Å². The van der Waals surface area contributed by atoms with Crippen molar-refractivity contribution in [1.29, 1.82) is 0 Å². The van der Waals surface area contributed by atoms with Crippen LogP contribution in [0.15, 0.2) is 102 Å². The summed E-state index contributed by atoms with van der Waals surface area (Å²) >= 11 is 1.58. The van der Waals surface area contributed by atoms with Crippen LogP contribution >= 0.6 is 11.3 Å². The van der Waals surface area contributed by atoms with Gasteiger partial charge in [-0.1, -0.05) is 89.8 Å². The average Bonchev–Trinajstić information content (AvgIpc) is 4.20. The topological polar surface area (TPSA) is 216 Å². The van der Waals surface area contributed by atoms with Gasteiger partial charge in [0.15, 0.2) is 5.65 Å². The third-order valence-electron chi connectivity index (χ3n) is 14.8. The second-order valence-electron chi connectivity index (χ2n) is 21.7. The van der Waals surface area contributed by atoms with Gasteiger partial charge in [0.05, 0.1) is 40.7 Å². The number of piperazine rings is 1. The molecular formula is C60H75N11O7S. The summed E-state index contributed by atoms with van der Waals surface area (Å²) < 4.78 is 7.35. The summed E-state index contributed by atoms with van der Waals surface area (Å²) in [6.45, 7) is 18.1. The monoisotopic (exact) mass is 1090 g/mol. The number of aryl methyl sites for hydroxylation is 2. The number of carbonyl (C=O) groups excluding carboxylic acids is 4. The number of rotatable bonds is 23. The van der Waals surface area contributed by atoms with Gasteiger partial charge in [-0.3, -0.25) is 33.4 Å². The molecule has 0 aliphatic carbocycles. The number of aliphatic hydroxyl groups excluding tert-OH is 1. The number of likely N-dealkylation sites (tertiary alicyclic amines) is 1. The lowest BCUT2D eigenvalue weighted by molar-refractivity contribution is -0.144. The molecule has 5 heterocycles. The fourth-order valence-corrected chi connectivity index (χ4v) is 11.1. The van der Waals surface area contributed by atoms with E-state index < -0.39 is 23.6 Å². The van der Waals surface area contributed by atoms with Crippen LogP contribution in [0.4, 0.5) is 23.0 Å². The Morgan fingerprint density at radius 3 is 2.33 bits per heavy atom. The number of anilines is 4. The van der Waals surface area contributed by atoms with Crippen LogP contribution in [0.25, 0.3) is 27.2 Å². The molecule has 5 N–H and O–H groups in total. The van der Waals surface area contributed by atoms with E-state index in [0.29, 0.717) is 46.2 Å². The molecule has 0 spiro atoms. The number of amides is 4. The van der Waals surface area contributed by atoms with Gasteiger partial charge in [-0.15, -0.1) is 11.3 Å². The number of benzene rings is 3. The quantitative estimate of drug-likeness (QED) is 0.0301. The Bertz CT molecular complexity index is 3180. The Balaban J connectivity index is 0.728. The first kappa shape index (κ1) is 57.7. The highest BCUT2D eigenvalue weighted by molar-refractivity contribution is 7.13. The van der Waals surface area contributed by atoms with Crippen LogP contribution in [0.1, 0.15) is 95.4 Å². The van der Waals surface area contributed by atoms with E-state index in [4.69, 9.17) is 9.72 Å². The summed E-state index contributed by atoms with van der Waals surface area (Å²) in [4.78, 5) is 87.5. The molecule has 3 aromatic heterocycles. The molecule has 418 valence electrons. The standard InChI is InChI=1S/C60H75N11O7S/c1-8-51(73)64-43-17-16-18-45(32-43)71-53(75)31-39(2)47-36-62-59(67-56(47)71)65-48-25-24-44(33-50(48)78-7)69-29-27-68(28-30-69)26-15-13-11-9-10-12-14-19-52(74)66-55(60(4,5)6)58(77)70-37-46(72)34-49(70)57(76)61-35-41-20-22-42(23-21-41)54-40(3)63-38-79-54/h8,16-18,20-25,31-33,36,38,46,49,55,72H,1,9-15,19,26-30,34-35,37H2,2-7H3,(H,61,76)(H,64,73)(H,66,74)(H,62,65,67). The normalized spacial score (nSPS) is 16.1. The highest BCUT2D eigenvalue weighted by atomic mass is 32.1. The van der Waals surface area contributed by atoms with E-state index in [2.05, 4.69) is 53.7 Å². The van der Waals surface area contributed by atoms with Crippen LogP contribution in [0, 0.1) is 19.3 Å². The van der Waals surface area contributed by atoms with Crippen LogP contribution in [0.3, 0.4) is 0 Å². The average molecular weight is 1090 g/mol. The highest BCUT2D eigenvalue weighted by Gasteiger charge is 2.44. The van der Waals surface area contributed by atoms with Gasteiger partial charge in [-0.25, -0.2) is 9.97 Å². The number of fused-ring (bicyclic) bond motifs is 1. The van der Waals surface area contributed by atoms with E-state index in [1.54, 1.807) is 55.0 Å². The summed E-state index contributed by atoms with van der Waals surface area (Å²) in [5.74, 6) is -0.301. The minimum atomic E-state index is -0.849. The molecule has 2 fully saturated rings. The van der Waals surface area contributed by atoms with E-state index in [1.807, 2.05) is 76.5 Å². The third kappa shape index (κ3) is 14.8. The molecular weight excluding hydrogens is 1020 g/mol. The second-order valence-corrected chi connectivity index (χ2v) is 22.5. The predicted octanol–water partition coefficient (Wildman–Crippen LogP) is 8.45. The van der Waals surface area contributed by atoms with Gasteiger partial charge in [0.1, 0.15) is 17.8 Å². The third-order valence-corrected chi connectivity index (χ3v) is 15.8. The van der Waals surface area contributed by atoms with Crippen LogP contribution < -0.4 is 36.5 Å². The lowest BCUT2D eigenvalue weighted by Crippen LogP contribution is -2.57. The van der Waals surface area contributed by atoms with Crippen molar-refractivity contribution in [1.82, 2.24) is 40.0 Å². The molecule has 18 nitrogen and oxygen atoms in total. The SMILES string of the molecule is C=CC(=O)Nc1cccc(-n2c(=O)cc(C)c3cnc(Nc4ccc(N5CCN(CCCCCCCCCC(=O)NC(C(=O)N6CC(O)CC6C(=O)NCc6ccc(-c7scnc7C)cc6)C(C)(C)C)CC5)cc4OC)nc32)c1. The Morgan fingerprint density at radius 1 is 0.899 bits per heavy atom. The largest absolute Gasteiger partial charge is 0.494 e. The number of nitrogens with one attached hydrogen (secondary N) is 4. The highest BCUT2D eigenvalue weighted by Crippen LogP contribution is 2.33. The molecule has 79 heavy (non-hydrogen) atoms. The van der Waals surface area contributed by atoms with Gasteiger partial charge in [-0.2, -0.15) is 4.98 Å². The number of methoxy groups -OCH3 is 1. The van der Waals surface area contributed by atoms with E-state index in [0.717, 1.165) is 111 Å². The van der Waals surface area contributed by atoms with Crippen molar-refractivity contribution in [2.24, 2.45) is 5.41 Å². The molecule has 0 saturated carbocycles. The minimum Gasteiger partial charge on any atom is -0.494 e. The van der Waals surface area contributed by atoms with Crippen molar-refractivity contribution in [2.75, 3.05) is 61.9 Å². The number of hydrogen-bond donors (Lipinski definition) is 5. The van der Waals surface area contributed by atoms with Crippen molar-refractivity contribution in [3.05, 3.63) is 124 Å². The minimum absolute atomic E-state index is 0.0335. The van der Waals surface area contributed by atoms with Crippen molar-refractivity contribution in [3.8, 4) is 21.9 Å². The van der Waals surface area contributed by atoms with E-state index in [9.17, 15) is 29.1 Å². The number of carbonyl (C=O) groups is 4. The zero-order chi connectivity index (χ0) is 56.2. The molecule has 2 aliphatic rings. The zero-order valence-electron chi connectivity index (χ0n) is 46.3. The van der Waals surface area contributed by atoms with Crippen LogP contribution in [-0.4, -0.2) is 123 Å². The summed E-state index contributed by atoms with van der Waals surface area (Å²) in [5.41, 5.74) is 7.85. The number of nitrogens with zero attached hydrogens (tertiary/aromatic N) is 7. The lowest BCUT2D eigenvalue weighted by atomic mass is 9.85. The molecule has 0 bridgehead atoms. The van der Waals surface area contributed by atoms with Gasteiger partial charge in [0, 0.05) is 87.2 Å². The smallest absolute Gasteiger partial charge is 0.257 e. The Labute approximate surface area is 466 Å². The molecule has 8 rings (SSSR count). The van der Waals surface area contributed by atoms with Crippen molar-refractivity contribution >= 4 is 69.0 Å². The number of ether oxygens (including phenoxy) is 1. The summed E-state index contributed by atoms with van der Waals surface area (Å²) in [6.07, 6.45) is 9.71. The number of unbranched alkanes of at least 4 members (excludes halogenated alkanes) is 6. The van der Waals surface area contributed by atoms with Crippen molar-refractivity contribution < 1.29 is 29.0 Å². The summed E-state index contributed by atoms with van der Waals surface area (Å²) in [7, 11) is 1.63. The summed E-state index contributed by atoms with van der Waals surface area (Å²) in [5, 5.41) is 23.4. The second kappa shape index (κ2) is 26.4. The van der Waals surface area contributed by atoms with E-state index in [-0.39, 0.29) is 48.7 Å². The first-order valence-electron chi connectivity index (χ1n) is 27.4. The van der Waals surface area contributed by atoms with E-state index in [1.165, 1.54) is 15.5 Å². The molecule has 2 saturated heterocycles. The number of β-amino-alcohol motifs (C(OH)–C–C–N with tert-alkyl or cyclic N) is 1. The molecule has 3 aromatic carbocycles. The molecule has 0 radical (unpaired) electrons. The number of pyridine rings is 1. The lowest BCUT2D eigenvalue weighted by Gasteiger charge is -2.36. The first-order valence-corrected chi connectivity index (χ1v) is 28.3. The van der Waals surface area contributed by atoms with Crippen LogP contribution in [0.2, 0.25) is 0 Å². The maximum absolute atomic E-state index is 14.1.